The molecule has 2 heterocycles. The predicted octanol–water partition coefficient (Wildman–Crippen LogP) is 3.69. The van der Waals surface area contributed by atoms with Gasteiger partial charge in [0.1, 0.15) is 4.21 Å². The Hall–Kier alpha value is -1.21. The lowest BCUT2D eigenvalue weighted by Gasteiger charge is -2.30. The average Bonchev–Trinajstić information content (AvgIpc) is 3.02. The van der Waals surface area contributed by atoms with Crippen molar-refractivity contribution in [3.8, 4) is 0 Å². The summed E-state index contributed by atoms with van der Waals surface area (Å²) in [6.45, 7) is 0.669. The minimum atomic E-state index is -3.57. The number of rotatable bonds is 4. The Kier molecular flexibility index (Phi) is 4.87. The van der Waals surface area contributed by atoms with Crippen LogP contribution in [0.1, 0.15) is 23.2 Å². The van der Waals surface area contributed by atoms with Crippen LogP contribution in [0, 0.1) is 5.92 Å². The highest BCUT2D eigenvalue weighted by atomic mass is 35.5. The second-order valence-corrected chi connectivity index (χ2v) is 9.37. The van der Waals surface area contributed by atoms with Gasteiger partial charge < -0.3 is 0 Å². The van der Waals surface area contributed by atoms with Crippen molar-refractivity contribution in [3.63, 3.8) is 0 Å². The van der Waals surface area contributed by atoms with Crippen LogP contribution in [0.4, 0.5) is 0 Å². The molecular weight excluding hydrogens is 354 g/mol. The van der Waals surface area contributed by atoms with E-state index < -0.39 is 10.0 Å². The molecule has 7 heteroatoms. The number of carbonyl (C=O) groups excluding carboxylic acids is 1. The highest BCUT2D eigenvalue weighted by Crippen LogP contribution is 2.31. The number of benzene rings is 1. The van der Waals surface area contributed by atoms with Gasteiger partial charge >= 0.3 is 0 Å². The minimum absolute atomic E-state index is 0.00899. The second kappa shape index (κ2) is 6.73. The molecule has 0 aliphatic carbocycles. The molecule has 0 amide bonds. The van der Waals surface area contributed by atoms with E-state index in [4.69, 9.17) is 11.6 Å². The Morgan fingerprint density at radius 3 is 2.57 bits per heavy atom. The summed E-state index contributed by atoms with van der Waals surface area (Å²) in [7, 11) is -3.57. The van der Waals surface area contributed by atoms with Gasteiger partial charge in [-0.2, -0.15) is 4.31 Å². The van der Waals surface area contributed by atoms with E-state index in [0.29, 0.717) is 29.3 Å². The molecule has 1 aromatic heterocycles. The topological polar surface area (TPSA) is 54.5 Å². The number of halogens is 1. The lowest BCUT2D eigenvalue weighted by Crippen LogP contribution is -2.42. The summed E-state index contributed by atoms with van der Waals surface area (Å²) in [6, 6.07) is 12.1. The molecule has 1 fully saturated rings. The van der Waals surface area contributed by atoms with Crippen LogP contribution in [0.5, 0.6) is 0 Å². The fourth-order valence-electron chi connectivity index (χ4n) is 2.78. The summed E-state index contributed by atoms with van der Waals surface area (Å²) in [5.74, 6) is -0.286. The fourth-order valence-corrected chi connectivity index (χ4v) is 5.94. The van der Waals surface area contributed by atoms with Crippen LogP contribution in [0.15, 0.2) is 46.7 Å². The monoisotopic (exact) mass is 369 g/mol. The van der Waals surface area contributed by atoms with Crippen LogP contribution in [0.25, 0.3) is 0 Å². The van der Waals surface area contributed by atoms with Gasteiger partial charge in [-0.05, 0) is 25.0 Å². The van der Waals surface area contributed by atoms with Gasteiger partial charge in [0.05, 0.1) is 4.34 Å². The highest BCUT2D eigenvalue weighted by Gasteiger charge is 2.34. The molecule has 122 valence electrons. The summed E-state index contributed by atoms with van der Waals surface area (Å²) in [6.07, 6.45) is 1.40. The summed E-state index contributed by atoms with van der Waals surface area (Å²) in [5.41, 5.74) is 0.635. The van der Waals surface area contributed by atoms with Gasteiger partial charge in [0, 0.05) is 24.6 Å². The number of ketones is 1. The number of carbonyl (C=O) groups is 1. The third kappa shape index (κ3) is 3.50. The first-order chi connectivity index (χ1) is 11.0. The van der Waals surface area contributed by atoms with E-state index in [1.807, 2.05) is 18.2 Å². The van der Waals surface area contributed by atoms with Gasteiger partial charge in [0.15, 0.2) is 5.78 Å². The van der Waals surface area contributed by atoms with Crippen molar-refractivity contribution >= 4 is 38.7 Å². The number of piperidine rings is 1. The number of hydrogen-bond acceptors (Lipinski definition) is 4. The molecule has 0 radical (unpaired) electrons. The summed E-state index contributed by atoms with van der Waals surface area (Å²) in [4.78, 5) is 12.6. The standard InChI is InChI=1S/C16H16ClNO3S2/c17-14-8-9-15(22-14)23(20,21)18-10-4-7-13(11-18)16(19)12-5-2-1-3-6-12/h1-3,5-6,8-9,13H,4,7,10-11H2. The Morgan fingerprint density at radius 1 is 1.17 bits per heavy atom. The van der Waals surface area contributed by atoms with Gasteiger partial charge in [-0.15, -0.1) is 11.3 Å². The molecule has 1 aliphatic heterocycles. The molecule has 0 spiro atoms. The van der Waals surface area contributed by atoms with Crippen molar-refractivity contribution in [1.82, 2.24) is 4.31 Å². The third-order valence-electron chi connectivity index (χ3n) is 3.96. The van der Waals surface area contributed by atoms with Crippen LogP contribution in [0.2, 0.25) is 4.34 Å². The molecule has 0 N–H and O–H groups in total. The van der Waals surface area contributed by atoms with Gasteiger partial charge in [-0.25, -0.2) is 8.42 Å². The lowest BCUT2D eigenvalue weighted by atomic mass is 9.91. The number of sulfonamides is 1. The van der Waals surface area contributed by atoms with Gasteiger partial charge in [-0.1, -0.05) is 41.9 Å². The van der Waals surface area contributed by atoms with Crippen molar-refractivity contribution in [1.29, 1.82) is 0 Å². The van der Waals surface area contributed by atoms with E-state index in [1.54, 1.807) is 18.2 Å². The molecule has 3 rings (SSSR count). The third-order valence-corrected chi connectivity index (χ3v) is 7.52. The van der Waals surface area contributed by atoms with Crippen molar-refractivity contribution in [2.75, 3.05) is 13.1 Å². The van der Waals surface area contributed by atoms with E-state index >= 15 is 0 Å². The normalized spacial score (nSPS) is 19.6. The Bertz CT molecular complexity index is 802. The zero-order valence-corrected chi connectivity index (χ0v) is 14.7. The van der Waals surface area contributed by atoms with Gasteiger partial charge in [-0.3, -0.25) is 4.79 Å². The van der Waals surface area contributed by atoms with E-state index in [1.165, 1.54) is 10.4 Å². The summed E-state index contributed by atoms with van der Waals surface area (Å²) < 4.78 is 27.4. The predicted molar refractivity (Wildman–Crippen MR) is 91.6 cm³/mol. The quantitative estimate of drug-likeness (QED) is 0.772. The first-order valence-electron chi connectivity index (χ1n) is 7.33. The van der Waals surface area contributed by atoms with Crippen LogP contribution in [-0.4, -0.2) is 31.6 Å². The molecular formula is C16H16ClNO3S2. The van der Waals surface area contributed by atoms with E-state index in [-0.39, 0.29) is 22.5 Å². The van der Waals surface area contributed by atoms with Crippen LogP contribution in [0.3, 0.4) is 0 Å². The maximum atomic E-state index is 12.7. The molecule has 1 saturated heterocycles. The number of Topliss-reactive ketones (excluding diaryl/α,β-unsaturated/α-hetero) is 1. The first kappa shape index (κ1) is 16.6. The number of thiophene rings is 1. The number of hydrogen-bond donors (Lipinski definition) is 0. The molecule has 1 aliphatic rings. The molecule has 1 unspecified atom stereocenters. The van der Waals surface area contributed by atoms with Crippen molar-refractivity contribution < 1.29 is 13.2 Å². The Morgan fingerprint density at radius 2 is 1.91 bits per heavy atom. The van der Waals surface area contributed by atoms with Crippen LogP contribution >= 0.6 is 22.9 Å². The van der Waals surface area contributed by atoms with E-state index in [0.717, 1.165) is 11.3 Å². The fraction of sp³-hybridized carbons (Fsp3) is 0.312. The molecule has 0 saturated carbocycles. The van der Waals surface area contributed by atoms with E-state index in [2.05, 4.69) is 0 Å². The van der Waals surface area contributed by atoms with Gasteiger partial charge in [0.2, 0.25) is 0 Å². The highest BCUT2D eigenvalue weighted by molar-refractivity contribution is 7.91. The van der Waals surface area contributed by atoms with Gasteiger partial charge in [0.25, 0.3) is 10.0 Å². The largest absolute Gasteiger partial charge is 0.294 e. The molecule has 1 atom stereocenters. The molecule has 4 nitrogen and oxygen atoms in total. The SMILES string of the molecule is O=C(c1ccccc1)C1CCCN(S(=O)(=O)c2ccc(Cl)s2)C1. The maximum Gasteiger partial charge on any atom is 0.252 e. The minimum Gasteiger partial charge on any atom is -0.294 e. The molecule has 2 aromatic rings. The smallest absolute Gasteiger partial charge is 0.252 e. The lowest BCUT2D eigenvalue weighted by molar-refractivity contribution is 0.0872. The van der Waals surface area contributed by atoms with Crippen molar-refractivity contribution in [2.24, 2.45) is 5.92 Å². The van der Waals surface area contributed by atoms with Crippen molar-refractivity contribution in [2.45, 2.75) is 17.1 Å². The Labute approximate surface area is 144 Å². The zero-order chi connectivity index (χ0) is 16.4. The average molecular weight is 370 g/mol. The summed E-state index contributed by atoms with van der Waals surface area (Å²) >= 11 is 6.89. The number of nitrogens with zero attached hydrogens (tertiary/aromatic N) is 1. The first-order valence-corrected chi connectivity index (χ1v) is 9.96. The molecule has 1 aromatic carbocycles. The van der Waals surface area contributed by atoms with Crippen LogP contribution in [-0.2, 0) is 10.0 Å². The zero-order valence-electron chi connectivity index (χ0n) is 12.3. The maximum absolute atomic E-state index is 12.7. The Balaban J connectivity index is 1.80. The molecule has 23 heavy (non-hydrogen) atoms. The van der Waals surface area contributed by atoms with Crippen LogP contribution < -0.4 is 0 Å². The molecule has 0 bridgehead atoms. The van der Waals surface area contributed by atoms with Crippen molar-refractivity contribution in [3.05, 3.63) is 52.4 Å². The second-order valence-electron chi connectivity index (χ2n) is 5.49. The van der Waals surface area contributed by atoms with E-state index in [9.17, 15) is 13.2 Å². The summed E-state index contributed by atoms with van der Waals surface area (Å²) in [5, 5.41) is 0.